The molecular weight excluding hydrogens is 253 g/mol. The maximum absolute atomic E-state index is 12.2. The molecule has 1 aliphatic heterocycles. The van der Waals surface area contributed by atoms with Crippen LogP contribution in [0.5, 0.6) is 5.75 Å². The number of hydrogen-bond acceptors (Lipinski definition) is 1. The van der Waals surface area contributed by atoms with Gasteiger partial charge in [-0.15, -0.1) is 11.6 Å². The van der Waals surface area contributed by atoms with Gasteiger partial charge in [0, 0.05) is 6.42 Å². The van der Waals surface area contributed by atoms with Gasteiger partial charge in [0.05, 0.1) is 11.8 Å². The summed E-state index contributed by atoms with van der Waals surface area (Å²) in [5, 5.41) is -1.03. The van der Waals surface area contributed by atoms with Crippen LogP contribution in [0.15, 0.2) is 18.2 Å². The molecule has 2 rings (SSSR count). The quantitative estimate of drug-likeness (QED) is 0.726. The Hall–Kier alpha value is -0.900. The summed E-state index contributed by atoms with van der Waals surface area (Å²) in [5.74, 6) is 0.747. The van der Waals surface area contributed by atoms with Crippen molar-refractivity contribution in [1.29, 1.82) is 0 Å². The van der Waals surface area contributed by atoms with E-state index in [4.69, 9.17) is 16.3 Å². The largest absolute Gasteiger partial charge is 0.490 e. The monoisotopic (exact) mass is 264 g/mol. The highest BCUT2D eigenvalue weighted by atomic mass is 35.5. The van der Waals surface area contributed by atoms with Gasteiger partial charge in [-0.05, 0) is 24.1 Å². The summed E-state index contributed by atoms with van der Waals surface area (Å²) < 4.78 is 42.1. The van der Waals surface area contributed by atoms with Crippen LogP contribution in [0.2, 0.25) is 0 Å². The van der Waals surface area contributed by atoms with Crippen LogP contribution in [0.4, 0.5) is 13.2 Å². The Balaban J connectivity index is 2.16. The van der Waals surface area contributed by atoms with Gasteiger partial charge in [0.15, 0.2) is 0 Å². The Morgan fingerprint density at radius 1 is 1.47 bits per heavy atom. The zero-order chi connectivity index (χ0) is 12.6. The number of alkyl halides is 4. The first-order chi connectivity index (χ1) is 7.85. The highest BCUT2D eigenvalue weighted by molar-refractivity contribution is 6.20. The lowest BCUT2D eigenvalue weighted by Gasteiger charge is -2.13. The lowest BCUT2D eigenvalue weighted by atomic mass is 10.0. The van der Waals surface area contributed by atoms with Crippen molar-refractivity contribution in [3.05, 3.63) is 29.3 Å². The molecule has 1 aliphatic rings. The van der Waals surface area contributed by atoms with Crippen LogP contribution >= 0.6 is 11.6 Å². The van der Waals surface area contributed by atoms with Crippen molar-refractivity contribution in [2.75, 3.05) is 0 Å². The van der Waals surface area contributed by atoms with Crippen molar-refractivity contribution in [2.45, 2.75) is 37.4 Å². The lowest BCUT2D eigenvalue weighted by Crippen LogP contribution is -2.10. The Bertz CT molecular complexity index is 417. The van der Waals surface area contributed by atoms with Crippen LogP contribution in [-0.4, -0.2) is 12.3 Å². The standard InChI is InChI=1S/C12H12ClF3O/c1-7-4-9-5-8(2-3-11(9)17-7)10(13)6-12(14,15)16/h2-3,5,7,10H,4,6H2,1H3. The van der Waals surface area contributed by atoms with Crippen LogP contribution in [0.3, 0.4) is 0 Å². The molecule has 0 amide bonds. The minimum absolute atomic E-state index is 0.0802. The summed E-state index contributed by atoms with van der Waals surface area (Å²) >= 11 is 5.77. The van der Waals surface area contributed by atoms with E-state index >= 15 is 0 Å². The van der Waals surface area contributed by atoms with Crippen molar-refractivity contribution >= 4 is 11.6 Å². The first-order valence-electron chi connectivity index (χ1n) is 5.35. The summed E-state index contributed by atoms with van der Waals surface area (Å²) in [6, 6.07) is 5.00. The predicted octanol–water partition coefficient (Wildman–Crippen LogP) is 4.24. The first kappa shape index (κ1) is 12.6. The molecule has 1 heterocycles. The third kappa shape index (κ3) is 3.06. The fourth-order valence-corrected chi connectivity index (χ4v) is 2.27. The van der Waals surface area contributed by atoms with Gasteiger partial charge in [0.2, 0.25) is 0 Å². The Morgan fingerprint density at radius 3 is 2.82 bits per heavy atom. The molecule has 17 heavy (non-hydrogen) atoms. The third-order valence-corrected chi connectivity index (χ3v) is 3.10. The van der Waals surface area contributed by atoms with Crippen LogP contribution in [0.25, 0.3) is 0 Å². The smallest absolute Gasteiger partial charge is 0.390 e. The van der Waals surface area contributed by atoms with Crippen molar-refractivity contribution in [3.63, 3.8) is 0 Å². The van der Waals surface area contributed by atoms with E-state index in [1.54, 1.807) is 18.2 Å². The molecule has 0 N–H and O–H groups in total. The minimum Gasteiger partial charge on any atom is -0.490 e. The molecule has 2 unspecified atom stereocenters. The number of hydrogen-bond donors (Lipinski definition) is 0. The zero-order valence-electron chi connectivity index (χ0n) is 9.22. The lowest BCUT2D eigenvalue weighted by molar-refractivity contribution is -0.134. The Kier molecular flexibility index (Phi) is 3.25. The average molecular weight is 265 g/mol. The van der Waals surface area contributed by atoms with Gasteiger partial charge < -0.3 is 4.74 Å². The van der Waals surface area contributed by atoms with E-state index in [-0.39, 0.29) is 6.10 Å². The van der Waals surface area contributed by atoms with Gasteiger partial charge in [-0.2, -0.15) is 13.2 Å². The van der Waals surface area contributed by atoms with Crippen molar-refractivity contribution in [3.8, 4) is 5.75 Å². The molecule has 94 valence electrons. The van der Waals surface area contributed by atoms with E-state index in [1.165, 1.54) is 0 Å². The topological polar surface area (TPSA) is 9.23 Å². The first-order valence-corrected chi connectivity index (χ1v) is 5.79. The van der Waals surface area contributed by atoms with Gasteiger partial charge in [-0.1, -0.05) is 12.1 Å². The van der Waals surface area contributed by atoms with E-state index < -0.39 is 18.0 Å². The van der Waals surface area contributed by atoms with Crippen LogP contribution in [-0.2, 0) is 6.42 Å². The molecule has 0 aromatic heterocycles. The SMILES string of the molecule is CC1Cc2cc(C(Cl)CC(F)(F)F)ccc2O1. The molecule has 0 bridgehead atoms. The molecule has 0 fully saturated rings. The van der Waals surface area contributed by atoms with E-state index in [9.17, 15) is 13.2 Å². The number of halogens is 4. The summed E-state index contributed by atoms with van der Waals surface area (Å²) in [6.07, 6.45) is -4.45. The van der Waals surface area contributed by atoms with Crippen LogP contribution < -0.4 is 4.74 Å². The van der Waals surface area contributed by atoms with Gasteiger partial charge in [0.1, 0.15) is 11.9 Å². The molecule has 5 heteroatoms. The molecule has 0 saturated carbocycles. The predicted molar refractivity (Wildman–Crippen MR) is 59.5 cm³/mol. The molecule has 1 aromatic rings. The number of ether oxygens (including phenoxy) is 1. The van der Waals surface area contributed by atoms with Gasteiger partial charge in [-0.3, -0.25) is 0 Å². The maximum atomic E-state index is 12.2. The second-order valence-electron chi connectivity index (χ2n) is 4.29. The zero-order valence-corrected chi connectivity index (χ0v) is 9.98. The van der Waals surface area contributed by atoms with Crippen molar-refractivity contribution in [2.24, 2.45) is 0 Å². The molecule has 0 saturated heterocycles. The van der Waals surface area contributed by atoms with Gasteiger partial charge >= 0.3 is 6.18 Å². The summed E-state index contributed by atoms with van der Waals surface area (Å²) in [7, 11) is 0. The highest BCUT2D eigenvalue weighted by Crippen LogP contribution is 2.37. The molecular formula is C12H12ClF3O. The van der Waals surface area contributed by atoms with Crippen LogP contribution in [0, 0.1) is 0 Å². The number of benzene rings is 1. The second kappa shape index (κ2) is 4.41. The summed E-state index contributed by atoms with van der Waals surface area (Å²) in [4.78, 5) is 0. The van der Waals surface area contributed by atoms with Crippen molar-refractivity contribution < 1.29 is 17.9 Å². The minimum atomic E-state index is -4.24. The number of fused-ring (bicyclic) bond motifs is 1. The molecule has 2 atom stereocenters. The molecule has 1 aromatic carbocycles. The molecule has 0 radical (unpaired) electrons. The normalized spacial score (nSPS) is 20.9. The number of rotatable bonds is 2. The molecule has 1 nitrogen and oxygen atoms in total. The van der Waals surface area contributed by atoms with E-state index in [1.807, 2.05) is 6.92 Å². The fourth-order valence-electron chi connectivity index (χ4n) is 1.96. The van der Waals surface area contributed by atoms with Crippen molar-refractivity contribution in [1.82, 2.24) is 0 Å². The van der Waals surface area contributed by atoms with E-state index in [2.05, 4.69) is 0 Å². The third-order valence-electron chi connectivity index (χ3n) is 2.69. The second-order valence-corrected chi connectivity index (χ2v) is 4.81. The Labute approximate surface area is 103 Å². The average Bonchev–Trinajstić information content (AvgIpc) is 2.53. The fraction of sp³-hybridized carbons (Fsp3) is 0.500. The molecule has 0 spiro atoms. The van der Waals surface area contributed by atoms with E-state index in [0.717, 1.165) is 17.7 Å². The van der Waals surface area contributed by atoms with Gasteiger partial charge in [0.25, 0.3) is 0 Å². The molecule has 0 aliphatic carbocycles. The summed E-state index contributed by atoms with van der Waals surface area (Å²) in [6.45, 7) is 1.92. The summed E-state index contributed by atoms with van der Waals surface area (Å²) in [5.41, 5.74) is 1.43. The highest BCUT2D eigenvalue weighted by Gasteiger charge is 2.32. The van der Waals surface area contributed by atoms with E-state index in [0.29, 0.717) is 5.56 Å². The Morgan fingerprint density at radius 2 is 2.18 bits per heavy atom. The van der Waals surface area contributed by atoms with Gasteiger partial charge in [-0.25, -0.2) is 0 Å². The van der Waals surface area contributed by atoms with Crippen LogP contribution in [0.1, 0.15) is 29.8 Å². The maximum Gasteiger partial charge on any atom is 0.390 e.